The topological polar surface area (TPSA) is 181 Å². The van der Waals surface area contributed by atoms with Crippen molar-refractivity contribution in [3.05, 3.63) is 11.3 Å². The largest absolute Gasteiger partial charge is 0.509 e. The van der Waals surface area contributed by atoms with Crippen LogP contribution in [-0.4, -0.2) is 144 Å². The molecule has 0 aromatic rings. The maximum absolute atomic E-state index is 14.4. The number of rotatable bonds is 8. The highest BCUT2D eigenvalue weighted by atomic mass is 16.8. The molecule has 5 aliphatic heterocycles. The van der Waals surface area contributed by atoms with Crippen molar-refractivity contribution in [2.24, 2.45) is 17.8 Å². The van der Waals surface area contributed by atoms with Crippen LogP contribution in [0.1, 0.15) is 88.0 Å². The van der Waals surface area contributed by atoms with E-state index in [-0.39, 0.29) is 25.0 Å². The summed E-state index contributed by atoms with van der Waals surface area (Å²) in [6.45, 7) is 15.8. The lowest BCUT2D eigenvalue weighted by Crippen LogP contribution is -2.60. The number of aliphatic hydroxyl groups is 3. The minimum Gasteiger partial charge on any atom is -0.488 e. The van der Waals surface area contributed by atoms with Gasteiger partial charge in [-0.15, -0.1) is 0 Å². The molecule has 15 nitrogen and oxygen atoms in total. The Hall–Kier alpha value is -2.08. The van der Waals surface area contributed by atoms with E-state index < -0.39 is 109 Å². The highest BCUT2D eigenvalue weighted by molar-refractivity contribution is 5.74. The number of ether oxygens (including phenoxy) is 9. The number of aliphatic hydroxyl groups excluding tert-OH is 3. The summed E-state index contributed by atoms with van der Waals surface area (Å²) >= 11 is 0. The van der Waals surface area contributed by atoms with E-state index in [0.29, 0.717) is 18.6 Å². The van der Waals surface area contributed by atoms with Crippen LogP contribution in [0.5, 0.6) is 0 Å². The smallest absolute Gasteiger partial charge is 0.488 e. The molecule has 0 radical (unpaired) electrons. The Kier molecular flexibility index (Phi) is 12.6. The first-order valence-electron chi connectivity index (χ1n) is 19.0. The molecular formula is C38H63NO14. The molecule has 4 fully saturated rings. The average molecular weight is 758 g/mol. The first-order chi connectivity index (χ1) is 24.7. The zero-order chi connectivity index (χ0) is 39.4. The molecule has 3 N–H and O–H groups in total. The van der Waals surface area contributed by atoms with Crippen molar-refractivity contribution in [1.82, 2.24) is 4.90 Å². The van der Waals surface area contributed by atoms with Gasteiger partial charge in [-0.1, -0.05) is 20.8 Å². The summed E-state index contributed by atoms with van der Waals surface area (Å²) in [5.74, 6) is -2.78. The summed E-state index contributed by atoms with van der Waals surface area (Å²) in [6.07, 6.45) is -8.53. The Morgan fingerprint density at radius 1 is 0.981 bits per heavy atom. The molecular weight excluding hydrogens is 694 g/mol. The van der Waals surface area contributed by atoms with Crippen LogP contribution in [-0.2, 0) is 47.4 Å². The van der Waals surface area contributed by atoms with Crippen molar-refractivity contribution >= 4 is 12.1 Å². The van der Waals surface area contributed by atoms with E-state index in [1.54, 1.807) is 20.8 Å². The molecule has 53 heavy (non-hydrogen) atoms. The van der Waals surface area contributed by atoms with Crippen molar-refractivity contribution in [2.45, 2.75) is 172 Å². The van der Waals surface area contributed by atoms with E-state index >= 15 is 0 Å². The number of cyclic esters (lactones) is 1. The first-order valence-corrected chi connectivity index (χ1v) is 19.0. The van der Waals surface area contributed by atoms with Gasteiger partial charge in [0.25, 0.3) is 0 Å². The third-order valence-electron chi connectivity index (χ3n) is 12.4. The first kappa shape index (κ1) is 42.1. The Bertz CT molecular complexity index is 1360. The van der Waals surface area contributed by atoms with Crippen LogP contribution >= 0.6 is 0 Å². The van der Waals surface area contributed by atoms with Gasteiger partial charge in [-0.05, 0) is 74.1 Å². The lowest BCUT2D eigenvalue weighted by Gasteiger charge is -2.48. The van der Waals surface area contributed by atoms with Crippen LogP contribution < -0.4 is 0 Å². The highest BCUT2D eigenvalue weighted by Crippen LogP contribution is 2.49. The number of likely N-dealkylation sites (N-methyl/N-ethyl adjacent to an activating group) is 1. The van der Waals surface area contributed by atoms with Crippen molar-refractivity contribution < 1.29 is 67.5 Å². The second-order valence-corrected chi connectivity index (χ2v) is 16.7. The summed E-state index contributed by atoms with van der Waals surface area (Å²) in [4.78, 5) is 29.1. The zero-order valence-corrected chi connectivity index (χ0v) is 33.4. The molecule has 5 rings (SSSR count). The number of hydrogen-bond donors (Lipinski definition) is 3. The van der Waals surface area contributed by atoms with Crippen LogP contribution in [0.15, 0.2) is 11.3 Å². The van der Waals surface area contributed by atoms with Crippen LogP contribution in [0.2, 0.25) is 0 Å². The number of carbonyl (C=O) groups is 2. The third-order valence-corrected chi connectivity index (χ3v) is 12.4. The van der Waals surface area contributed by atoms with Crippen LogP contribution in [0.3, 0.4) is 0 Å². The highest BCUT2D eigenvalue weighted by Gasteiger charge is 2.61. The van der Waals surface area contributed by atoms with Crippen molar-refractivity contribution in [2.75, 3.05) is 27.8 Å². The molecule has 0 spiro atoms. The van der Waals surface area contributed by atoms with Gasteiger partial charge in [0, 0.05) is 31.9 Å². The molecule has 0 aromatic heterocycles. The molecule has 15 heteroatoms. The van der Waals surface area contributed by atoms with Gasteiger partial charge in [-0.2, -0.15) is 0 Å². The van der Waals surface area contributed by atoms with Gasteiger partial charge in [-0.3, -0.25) is 4.79 Å². The molecule has 304 valence electrons. The standard InChI is InChI=1S/C38H63NO14/c1-13-25-38(9)32(51-35(44)53-38)20(4)28-18(2)15-37(8,52-28)31(50-34-27(41)24(39(10)11)14-19(3)46-34)21(5)29(23(17-40)33(43)48-25)49-26-16-36(7,45-12)30(42)22(6)47-26/h19-27,29-32,34,40-42H,13-17H2,1-12H3/t19-,20+,21+,22+,23-,24+,25-,26+,27-,29+,30+,31-,32-,34+,36-,37-,38-/m1/s1. The Labute approximate surface area is 313 Å². The fraction of sp³-hybridized carbons (Fsp3) is 0.895. The van der Waals surface area contributed by atoms with Crippen LogP contribution in [0, 0.1) is 17.8 Å². The quantitative estimate of drug-likeness (QED) is 0.307. The maximum atomic E-state index is 14.4. The van der Waals surface area contributed by atoms with E-state index in [4.69, 9.17) is 42.6 Å². The third kappa shape index (κ3) is 7.84. The molecule has 0 unspecified atom stereocenters. The van der Waals surface area contributed by atoms with Crippen LogP contribution in [0.25, 0.3) is 0 Å². The Morgan fingerprint density at radius 2 is 1.66 bits per heavy atom. The number of nitrogens with zero attached hydrogens (tertiary/aromatic N) is 1. The van der Waals surface area contributed by atoms with Crippen molar-refractivity contribution in [1.29, 1.82) is 0 Å². The summed E-state index contributed by atoms with van der Waals surface area (Å²) in [7, 11) is 5.28. The number of fused-ring (bicyclic) bond motifs is 3. The molecule has 2 bridgehead atoms. The molecule has 5 aliphatic rings. The lowest BCUT2D eigenvalue weighted by atomic mass is 9.78. The summed E-state index contributed by atoms with van der Waals surface area (Å²) in [6, 6.07) is -0.273. The minimum absolute atomic E-state index is 0.101. The molecule has 0 aliphatic carbocycles. The van der Waals surface area contributed by atoms with E-state index in [0.717, 1.165) is 5.57 Å². The SMILES string of the molecule is CC[C@H]1OC(=O)[C@H](CO)[C@@H](O[C@H]2C[C@@](C)(OC)[C@@H](O)[C@H](C)O2)[C@H](C)[C@@H](O[C@@H]2O[C@H](C)C[C@H](N(C)C)[C@H]2O)[C@@]2(C)CC(C)=C(O2)[C@H](C)[C@H]2OC(=O)O[C@@]21C. The monoisotopic (exact) mass is 757 g/mol. The summed E-state index contributed by atoms with van der Waals surface area (Å²) in [5.41, 5.74) is -2.69. The number of carbonyl (C=O) groups excluding carboxylic acids is 2. The van der Waals surface area contributed by atoms with Gasteiger partial charge in [0.1, 0.15) is 41.7 Å². The van der Waals surface area contributed by atoms with Crippen molar-refractivity contribution in [3.8, 4) is 0 Å². The van der Waals surface area contributed by atoms with Gasteiger partial charge in [0.2, 0.25) is 0 Å². The second-order valence-electron chi connectivity index (χ2n) is 16.7. The van der Waals surface area contributed by atoms with E-state index in [1.807, 2.05) is 60.5 Å². The second kappa shape index (κ2) is 15.8. The normalized spacial score (nSPS) is 48.2. The van der Waals surface area contributed by atoms with E-state index in [1.165, 1.54) is 7.11 Å². The predicted octanol–water partition coefficient (Wildman–Crippen LogP) is 3.05. The zero-order valence-electron chi connectivity index (χ0n) is 33.4. The van der Waals surface area contributed by atoms with Gasteiger partial charge >= 0.3 is 12.1 Å². The molecule has 4 saturated heterocycles. The lowest BCUT2D eigenvalue weighted by molar-refractivity contribution is -0.317. The fourth-order valence-electron chi connectivity index (χ4n) is 9.39. The molecule has 5 heterocycles. The minimum atomic E-state index is -1.40. The number of hydrogen-bond acceptors (Lipinski definition) is 15. The molecule has 0 aromatic carbocycles. The predicted molar refractivity (Wildman–Crippen MR) is 188 cm³/mol. The maximum Gasteiger partial charge on any atom is 0.509 e. The number of methoxy groups -OCH3 is 1. The molecule has 0 amide bonds. The average Bonchev–Trinajstić information content (AvgIpc) is 3.58. The van der Waals surface area contributed by atoms with Crippen LogP contribution in [0.4, 0.5) is 4.79 Å². The van der Waals surface area contributed by atoms with E-state index in [9.17, 15) is 24.9 Å². The number of esters is 1. The van der Waals surface area contributed by atoms with Gasteiger partial charge in [0.15, 0.2) is 24.3 Å². The van der Waals surface area contributed by atoms with Gasteiger partial charge < -0.3 is 62.9 Å². The summed E-state index contributed by atoms with van der Waals surface area (Å²) in [5, 5.41) is 33.6. The molecule has 17 atom stereocenters. The van der Waals surface area contributed by atoms with Crippen molar-refractivity contribution in [3.63, 3.8) is 0 Å². The molecule has 0 saturated carbocycles. The van der Waals surface area contributed by atoms with E-state index in [2.05, 4.69) is 0 Å². The Morgan fingerprint density at radius 3 is 2.26 bits per heavy atom. The van der Waals surface area contributed by atoms with Gasteiger partial charge in [-0.25, -0.2) is 4.79 Å². The van der Waals surface area contributed by atoms with Gasteiger partial charge in [0.05, 0.1) is 36.4 Å². The fourth-order valence-corrected chi connectivity index (χ4v) is 9.39. The Balaban J connectivity index is 1.64. The summed E-state index contributed by atoms with van der Waals surface area (Å²) < 4.78 is 56.5.